The van der Waals surface area contributed by atoms with Gasteiger partial charge in [0.2, 0.25) is 0 Å². The first kappa shape index (κ1) is 8.96. The van der Waals surface area contributed by atoms with Crippen LogP contribution in [-0.2, 0) is 0 Å². The smallest absolute Gasteiger partial charge is 0.0781 e. The van der Waals surface area contributed by atoms with Gasteiger partial charge in [-0.3, -0.25) is 0 Å². The van der Waals surface area contributed by atoms with Crippen LogP contribution in [0.5, 0.6) is 0 Å². The Bertz CT molecular complexity index is 46.5. The molecular formula is C8H20N+. The molecule has 0 amide bonds. The Morgan fingerprint density at radius 2 is 2.00 bits per heavy atom. The van der Waals surface area contributed by atoms with Crippen LogP contribution >= 0.6 is 0 Å². The van der Waals surface area contributed by atoms with Crippen molar-refractivity contribution in [1.29, 1.82) is 0 Å². The molecule has 0 aromatic carbocycles. The van der Waals surface area contributed by atoms with Crippen molar-refractivity contribution in [3.05, 3.63) is 0 Å². The second-order valence-corrected chi connectivity index (χ2v) is 2.56. The van der Waals surface area contributed by atoms with Crippen LogP contribution in [0.1, 0.15) is 33.6 Å². The van der Waals surface area contributed by atoms with Crippen LogP contribution in [0.15, 0.2) is 0 Å². The van der Waals surface area contributed by atoms with Gasteiger partial charge in [-0.15, -0.1) is 0 Å². The fourth-order valence-corrected chi connectivity index (χ4v) is 1.13. The first-order valence-electron chi connectivity index (χ1n) is 4.21. The van der Waals surface area contributed by atoms with Crippen LogP contribution in [-0.4, -0.2) is 13.1 Å². The Balaban J connectivity index is 0.000000291. The largest absolute Gasteiger partial charge is 0.346 e. The minimum atomic E-state index is 0.980. The Labute approximate surface area is 58.8 Å². The van der Waals surface area contributed by atoms with E-state index in [1.165, 1.54) is 25.9 Å². The fourth-order valence-electron chi connectivity index (χ4n) is 1.13. The van der Waals surface area contributed by atoms with Crippen LogP contribution in [0.4, 0.5) is 0 Å². The van der Waals surface area contributed by atoms with Gasteiger partial charge in [0, 0.05) is 5.92 Å². The maximum absolute atomic E-state index is 2.41. The second-order valence-electron chi connectivity index (χ2n) is 2.56. The van der Waals surface area contributed by atoms with Crippen molar-refractivity contribution in [2.75, 3.05) is 13.1 Å². The molecule has 9 heavy (non-hydrogen) atoms. The highest BCUT2D eigenvalue weighted by molar-refractivity contribution is 4.51. The molecule has 0 radical (unpaired) electrons. The molecule has 1 fully saturated rings. The van der Waals surface area contributed by atoms with Crippen LogP contribution in [0.25, 0.3) is 0 Å². The van der Waals surface area contributed by atoms with Gasteiger partial charge in [-0.1, -0.05) is 20.8 Å². The van der Waals surface area contributed by atoms with E-state index in [1.54, 1.807) is 0 Å². The zero-order chi connectivity index (χ0) is 7.11. The van der Waals surface area contributed by atoms with Crippen LogP contribution in [0, 0.1) is 5.92 Å². The molecular weight excluding hydrogens is 110 g/mol. The van der Waals surface area contributed by atoms with E-state index in [2.05, 4.69) is 12.2 Å². The highest BCUT2D eigenvalue weighted by Gasteiger charge is 2.08. The third-order valence-corrected chi connectivity index (χ3v) is 1.67. The Morgan fingerprint density at radius 3 is 2.22 bits per heavy atom. The first-order valence-corrected chi connectivity index (χ1v) is 4.21. The van der Waals surface area contributed by atoms with E-state index in [1.807, 2.05) is 13.8 Å². The van der Waals surface area contributed by atoms with Crippen LogP contribution < -0.4 is 5.32 Å². The highest BCUT2D eigenvalue weighted by atomic mass is 14.9. The summed E-state index contributed by atoms with van der Waals surface area (Å²) in [6, 6.07) is 0. The maximum atomic E-state index is 2.41. The van der Waals surface area contributed by atoms with Gasteiger partial charge in [-0.2, -0.15) is 0 Å². The molecule has 1 aliphatic rings. The second kappa shape index (κ2) is 6.09. The topological polar surface area (TPSA) is 16.6 Å². The number of rotatable bonds is 0. The normalized spacial score (nSPS) is 26.3. The summed E-state index contributed by atoms with van der Waals surface area (Å²) < 4.78 is 0. The predicted octanol–water partition coefficient (Wildman–Crippen LogP) is 1.01. The standard InChI is InChI=1S/C6H13N.C2H6/c1-6-3-2-4-7-5-6;1-2/h6-7H,2-5H2,1H3;1-2H3/p+1. The molecule has 0 spiro atoms. The molecule has 1 nitrogen and oxygen atoms in total. The molecule has 0 aliphatic carbocycles. The van der Waals surface area contributed by atoms with Crippen molar-refractivity contribution < 1.29 is 5.32 Å². The predicted molar refractivity (Wildman–Crippen MR) is 41.4 cm³/mol. The molecule has 0 aromatic rings. The third kappa shape index (κ3) is 4.46. The van der Waals surface area contributed by atoms with Crippen LogP contribution in [0.2, 0.25) is 0 Å². The Hall–Kier alpha value is -0.0400. The molecule has 1 aliphatic heterocycles. The maximum Gasteiger partial charge on any atom is 0.0781 e. The highest BCUT2D eigenvalue weighted by Crippen LogP contribution is 2.02. The minimum absolute atomic E-state index is 0.980. The van der Waals surface area contributed by atoms with Gasteiger partial charge in [0.1, 0.15) is 0 Å². The van der Waals surface area contributed by atoms with Gasteiger partial charge in [-0.05, 0) is 12.8 Å². The zero-order valence-electron chi connectivity index (χ0n) is 6.98. The lowest BCUT2D eigenvalue weighted by molar-refractivity contribution is -0.668. The number of piperidine rings is 1. The Kier molecular flexibility index (Phi) is 6.06. The molecule has 56 valence electrons. The molecule has 0 bridgehead atoms. The summed E-state index contributed by atoms with van der Waals surface area (Å²) in [5.41, 5.74) is 0. The summed E-state index contributed by atoms with van der Waals surface area (Å²) >= 11 is 0. The summed E-state index contributed by atoms with van der Waals surface area (Å²) in [7, 11) is 0. The van der Waals surface area contributed by atoms with Gasteiger partial charge in [-0.25, -0.2) is 0 Å². The molecule has 1 rings (SSSR count). The van der Waals surface area contributed by atoms with E-state index in [4.69, 9.17) is 0 Å². The first-order chi connectivity index (χ1) is 4.39. The monoisotopic (exact) mass is 130 g/mol. The molecule has 1 unspecified atom stereocenters. The van der Waals surface area contributed by atoms with Gasteiger partial charge < -0.3 is 5.32 Å². The molecule has 0 saturated carbocycles. The van der Waals surface area contributed by atoms with E-state index < -0.39 is 0 Å². The van der Waals surface area contributed by atoms with Crippen molar-refractivity contribution in [2.45, 2.75) is 33.6 Å². The van der Waals surface area contributed by atoms with Crippen molar-refractivity contribution in [3.63, 3.8) is 0 Å². The average molecular weight is 130 g/mol. The summed E-state index contributed by atoms with van der Waals surface area (Å²) in [5, 5.41) is 2.41. The molecule has 1 heteroatoms. The summed E-state index contributed by atoms with van der Waals surface area (Å²) in [4.78, 5) is 0. The summed E-state index contributed by atoms with van der Waals surface area (Å²) in [5.74, 6) is 0.980. The van der Waals surface area contributed by atoms with Gasteiger partial charge >= 0.3 is 0 Å². The molecule has 2 N–H and O–H groups in total. The number of hydrogen-bond donors (Lipinski definition) is 1. The molecule has 0 aromatic heterocycles. The average Bonchev–Trinajstić information content (AvgIpc) is 1.94. The molecule has 1 saturated heterocycles. The lowest BCUT2D eigenvalue weighted by Gasteiger charge is -2.14. The zero-order valence-corrected chi connectivity index (χ0v) is 6.98. The van der Waals surface area contributed by atoms with Crippen molar-refractivity contribution in [1.82, 2.24) is 0 Å². The third-order valence-electron chi connectivity index (χ3n) is 1.67. The van der Waals surface area contributed by atoms with Crippen molar-refractivity contribution in [2.24, 2.45) is 5.92 Å². The summed E-state index contributed by atoms with van der Waals surface area (Å²) in [6.45, 7) is 9.06. The lowest BCUT2D eigenvalue weighted by atomic mass is 10.0. The lowest BCUT2D eigenvalue weighted by Crippen LogP contribution is -2.87. The van der Waals surface area contributed by atoms with E-state index in [9.17, 15) is 0 Å². The van der Waals surface area contributed by atoms with Crippen LogP contribution in [0.3, 0.4) is 0 Å². The fraction of sp³-hybridized carbons (Fsp3) is 1.00. The van der Waals surface area contributed by atoms with Crippen molar-refractivity contribution >= 4 is 0 Å². The molecule has 1 heterocycles. The van der Waals surface area contributed by atoms with Crippen molar-refractivity contribution in [3.8, 4) is 0 Å². The number of nitrogens with two attached hydrogens (primary N) is 1. The van der Waals surface area contributed by atoms with Gasteiger partial charge in [0.15, 0.2) is 0 Å². The number of quaternary nitrogens is 1. The summed E-state index contributed by atoms with van der Waals surface area (Å²) in [6.07, 6.45) is 2.89. The quantitative estimate of drug-likeness (QED) is 0.504. The van der Waals surface area contributed by atoms with E-state index in [-0.39, 0.29) is 0 Å². The SMILES string of the molecule is CC.CC1CCC[NH2+]C1. The molecule has 1 atom stereocenters. The Morgan fingerprint density at radius 1 is 1.33 bits per heavy atom. The minimum Gasteiger partial charge on any atom is -0.346 e. The van der Waals surface area contributed by atoms with E-state index in [0.29, 0.717) is 0 Å². The van der Waals surface area contributed by atoms with E-state index in [0.717, 1.165) is 5.92 Å². The van der Waals surface area contributed by atoms with E-state index >= 15 is 0 Å². The van der Waals surface area contributed by atoms with Gasteiger partial charge in [0.25, 0.3) is 0 Å². The van der Waals surface area contributed by atoms with Gasteiger partial charge in [0.05, 0.1) is 13.1 Å². The number of hydrogen-bond acceptors (Lipinski definition) is 0.